The van der Waals surface area contributed by atoms with Crippen molar-refractivity contribution in [1.29, 1.82) is 0 Å². The standard InChI is InChI=1S/C6H13Cl2O2P/c1-3-6(2)10-11(9,4-7)5-8/h6H,3-5H2,1-2H3. The molecule has 0 aromatic rings. The molecule has 0 aliphatic carbocycles. The highest BCUT2D eigenvalue weighted by atomic mass is 35.5. The summed E-state index contributed by atoms with van der Waals surface area (Å²) in [5.41, 5.74) is 0.00167. The van der Waals surface area contributed by atoms with Gasteiger partial charge in [0.1, 0.15) is 11.2 Å². The maximum Gasteiger partial charge on any atom is 0.232 e. The Balaban J connectivity index is 3.97. The van der Waals surface area contributed by atoms with E-state index in [1.807, 2.05) is 13.8 Å². The molecule has 0 saturated carbocycles. The van der Waals surface area contributed by atoms with Crippen LogP contribution in [0.2, 0.25) is 0 Å². The summed E-state index contributed by atoms with van der Waals surface area (Å²) in [7, 11) is -2.72. The summed E-state index contributed by atoms with van der Waals surface area (Å²) >= 11 is 10.9. The number of hydrogen-bond donors (Lipinski definition) is 0. The summed E-state index contributed by atoms with van der Waals surface area (Å²) < 4.78 is 16.6. The molecule has 0 amide bonds. The van der Waals surface area contributed by atoms with E-state index in [4.69, 9.17) is 27.7 Å². The molecule has 1 atom stereocenters. The maximum atomic E-state index is 11.4. The molecule has 0 aromatic carbocycles. The molecule has 1 unspecified atom stereocenters. The minimum absolute atomic E-state index is 0.000833. The molecule has 0 heterocycles. The lowest BCUT2D eigenvalue weighted by Crippen LogP contribution is -2.05. The zero-order valence-corrected chi connectivity index (χ0v) is 9.12. The molecule has 0 radical (unpaired) electrons. The van der Waals surface area contributed by atoms with Gasteiger partial charge in [-0.3, -0.25) is 4.57 Å². The topological polar surface area (TPSA) is 26.3 Å². The molecular formula is C6H13Cl2O2P. The van der Waals surface area contributed by atoms with Crippen LogP contribution in [-0.4, -0.2) is 17.3 Å². The number of hydrogen-bond acceptors (Lipinski definition) is 2. The van der Waals surface area contributed by atoms with Crippen molar-refractivity contribution in [3.05, 3.63) is 0 Å². The predicted octanol–water partition coefficient (Wildman–Crippen LogP) is 3.47. The van der Waals surface area contributed by atoms with Crippen LogP contribution in [0.15, 0.2) is 0 Å². The first-order chi connectivity index (χ1) is 5.08. The number of alkyl halides is 2. The SMILES string of the molecule is CCC(C)OP(=O)(CCl)CCl. The van der Waals surface area contributed by atoms with Crippen molar-refractivity contribution in [1.82, 2.24) is 0 Å². The van der Waals surface area contributed by atoms with Crippen molar-refractivity contribution >= 4 is 30.6 Å². The molecule has 5 heteroatoms. The average Bonchev–Trinajstić information content (AvgIpc) is 2.04. The first-order valence-corrected chi connectivity index (χ1v) is 6.52. The fourth-order valence-electron chi connectivity index (χ4n) is 0.491. The first kappa shape index (κ1) is 11.8. The second kappa shape index (κ2) is 5.42. The molecule has 2 nitrogen and oxygen atoms in total. The molecule has 0 fully saturated rings. The summed E-state index contributed by atoms with van der Waals surface area (Å²) in [6, 6.07) is 0. The third-order valence-corrected chi connectivity index (χ3v) is 4.97. The van der Waals surface area contributed by atoms with E-state index < -0.39 is 7.37 Å². The van der Waals surface area contributed by atoms with E-state index in [2.05, 4.69) is 0 Å². The van der Waals surface area contributed by atoms with Gasteiger partial charge in [-0.15, -0.1) is 23.2 Å². The lowest BCUT2D eigenvalue weighted by molar-refractivity contribution is 0.223. The highest BCUT2D eigenvalue weighted by Gasteiger charge is 2.22. The molecular weight excluding hydrogens is 206 g/mol. The van der Waals surface area contributed by atoms with Gasteiger partial charge in [0, 0.05) is 0 Å². The molecule has 0 rings (SSSR count). The Morgan fingerprint density at radius 3 is 2.18 bits per heavy atom. The van der Waals surface area contributed by atoms with Crippen LogP contribution in [0, 0.1) is 0 Å². The molecule has 0 spiro atoms. The third-order valence-electron chi connectivity index (χ3n) is 1.31. The summed E-state index contributed by atoms with van der Waals surface area (Å²) in [5.74, 6) is 0. The third kappa shape index (κ3) is 4.37. The summed E-state index contributed by atoms with van der Waals surface area (Å²) in [6.07, 6.45) is 0.788. The maximum absolute atomic E-state index is 11.4. The van der Waals surface area contributed by atoms with Gasteiger partial charge < -0.3 is 4.52 Å². The number of halogens is 2. The molecule has 0 aliphatic heterocycles. The molecule has 0 bridgehead atoms. The highest BCUT2D eigenvalue weighted by molar-refractivity contribution is 7.62. The van der Waals surface area contributed by atoms with E-state index in [0.717, 1.165) is 6.42 Å². The van der Waals surface area contributed by atoms with Crippen LogP contribution in [0.25, 0.3) is 0 Å². The normalized spacial score (nSPS) is 14.9. The zero-order chi connectivity index (χ0) is 8.91. The van der Waals surface area contributed by atoms with E-state index in [1.165, 1.54) is 0 Å². The van der Waals surface area contributed by atoms with Crippen LogP contribution < -0.4 is 0 Å². The van der Waals surface area contributed by atoms with Crippen LogP contribution in [0.5, 0.6) is 0 Å². The largest absolute Gasteiger partial charge is 0.324 e. The van der Waals surface area contributed by atoms with Crippen LogP contribution in [0.3, 0.4) is 0 Å². The van der Waals surface area contributed by atoms with Crippen molar-refractivity contribution in [2.75, 3.05) is 11.2 Å². The molecule has 0 N–H and O–H groups in total. The first-order valence-electron chi connectivity index (χ1n) is 3.46. The Hall–Kier alpha value is 0.770. The van der Waals surface area contributed by atoms with Gasteiger partial charge in [0.05, 0.1) is 6.10 Å². The van der Waals surface area contributed by atoms with Crippen molar-refractivity contribution in [3.63, 3.8) is 0 Å². The quantitative estimate of drug-likeness (QED) is 0.522. The Bertz CT molecular complexity index is 144. The van der Waals surface area contributed by atoms with Crippen LogP contribution >= 0.6 is 30.6 Å². The molecule has 0 aliphatic rings. The van der Waals surface area contributed by atoms with Crippen molar-refractivity contribution in [2.24, 2.45) is 0 Å². The Morgan fingerprint density at radius 1 is 1.45 bits per heavy atom. The van der Waals surface area contributed by atoms with E-state index in [1.54, 1.807) is 0 Å². The molecule has 11 heavy (non-hydrogen) atoms. The minimum Gasteiger partial charge on any atom is -0.324 e. The van der Waals surface area contributed by atoms with E-state index >= 15 is 0 Å². The van der Waals surface area contributed by atoms with Gasteiger partial charge in [-0.1, -0.05) is 6.92 Å². The second-order valence-corrected chi connectivity index (χ2v) is 6.13. The minimum atomic E-state index is -2.72. The Labute approximate surface area is 77.7 Å². The van der Waals surface area contributed by atoms with Gasteiger partial charge in [-0.05, 0) is 13.3 Å². The van der Waals surface area contributed by atoms with E-state index in [9.17, 15) is 4.57 Å². The lowest BCUT2D eigenvalue weighted by atomic mass is 10.3. The lowest BCUT2D eigenvalue weighted by Gasteiger charge is -2.17. The van der Waals surface area contributed by atoms with Gasteiger partial charge in [-0.2, -0.15) is 0 Å². The zero-order valence-electron chi connectivity index (χ0n) is 6.72. The number of rotatable bonds is 5. The van der Waals surface area contributed by atoms with E-state index in [0.29, 0.717) is 0 Å². The van der Waals surface area contributed by atoms with Crippen LogP contribution in [0.1, 0.15) is 20.3 Å². The molecule has 0 aromatic heterocycles. The van der Waals surface area contributed by atoms with Crippen LogP contribution in [0.4, 0.5) is 0 Å². The van der Waals surface area contributed by atoms with Gasteiger partial charge in [0.15, 0.2) is 0 Å². The molecule has 0 saturated heterocycles. The van der Waals surface area contributed by atoms with E-state index in [-0.39, 0.29) is 17.3 Å². The monoisotopic (exact) mass is 218 g/mol. The predicted molar refractivity (Wildman–Crippen MR) is 49.9 cm³/mol. The Morgan fingerprint density at radius 2 is 1.91 bits per heavy atom. The van der Waals surface area contributed by atoms with Crippen molar-refractivity contribution in [3.8, 4) is 0 Å². The summed E-state index contributed by atoms with van der Waals surface area (Å²) in [6.45, 7) is 3.81. The summed E-state index contributed by atoms with van der Waals surface area (Å²) in [5, 5.41) is 0. The van der Waals surface area contributed by atoms with Crippen molar-refractivity contribution in [2.45, 2.75) is 26.4 Å². The van der Waals surface area contributed by atoms with Gasteiger partial charge in [0.2, 0.25) is 7.37 Å². The van der Waals surface area contributed by atoms with Gasteiger partial charge in [0.25, 0.3) is 0 Å². The molecule has 68 valence electrons. The van der Waals surface area contributed by atoms with Gasteiger partial charge in [-0.25, -0.2) is 0 Å². The Kier molecular flexibility index (Phi) is 5.80. The summed E-state index contributed by atoms with van der Waals surface area (Å²) in [4.78, 5) is 0. The smallest absolute Gasteiger partial charge is 0.232 e. The fourth-order valence-corrected chi connectivity index (χ4v) is 2.58. The average molecular weight is 219 g/mol. The highest BCUT2D eigenvalue weighted by Crippen LogP contribution is 2.50. The fraction of sp³-hybridized carbons (Fsp3) is 1.00. The van der Waals surface area contributed by atoms with Crippen LogP contribution in [-0.2, 0) is 9.09 Å². The van der Waals surface area contributed by atoms with Gasteiger partial charge >= 0.3 is 0 Å². The van der Waals surface area contributed by atoms with Crippen molar-refractivity contribution < 1.29 is 9.09 Å². The second-order valence-electron chi connectivity index (χ2n) is 2.38.